The standard InChI is InChI=1S/C18H19F2NO3S2.CH3NO2/c1-13-11-21(6-7-25-13)26(22,23)18-4-2-17(3-5-18)24-12-14-8-15(19)10-16(20)9-14;3-1-2-4/h2-5,8-10,13H,6-7,11-12H2,1H3;1,4H,(H,2,3)/t13-;/m0./s1. The number of benzene rings is 2. The molecule has 0 aliphatic carbocycles. The lowest BCUT2D eigenvalue weighted by Crippen LogP contribution is -2.40. The third kappa shape index (κ3) is 6.94. The highest BCUT2D eigenvalue weighted by molar-refractivity contribution is 8.00. The molecule has 0 radical (unpaired) electrons. The molecule has 30 heavy (non-hydrogen) atoms. The van der Waals surface area contributed by atoms with Gasteiger partial charge in [-0.15, -0.1) is 0 Å². The van der Waals surface area contributed by atoms with Gasteiger partial charge in [0.25, 0.3) is 0 Å². The summed E-state index contributed by atoms with van der Waals surface area (Å²) in [4.78, 5) is 9.02. The fourth-order valence-electron chi connectivity index (χ4n) is 2.72. The molecule has 164 valence electrons. The molecule has 11 heteroatoms. The van der Waals surface area contributed by atoms with E-state index in [0.29, 0.717) is 24.4 Å². The first-order chi connectivity index (χ1) is 14.3. The summed E-state index contributed by atoms with van der Waals surface area (Å²) in [5.74, 6) is -0.125. The zero-order valence-electron chi connectivity index (χ0n) is 16.1. The van der Waals surface area contributed by atoms with E-state index in [-0.39, 0.29) is 23.2 Å². The van der Waals surface area contributed by atoms with Crippen LogP contribution in [0.1, 0.15) is 12.5 Å². The Hall–Kier alpha value is -2.21. The van der Waals surface area contributed by atoms with Crippen molar-refractivity contribution in [3.05, 3.63) is 59.7 Å². The van der Waals surface area contributed by atoms with Gasteiger partial charge < -0.3 is 4.74 Å². The number of nitrogens with zero attached hydrogens (tertiary/aromatic N) is 1. The van der Waals surface area contributed by atoms with Crippen LogP contribution in [0.2, 0.25) is 0 Å². The number of hydroxylamine groups is 1. The summed E-state index contributed by atoms with van der Waals surface area (Å²) >= 11 is 1.76. The van der Waals surface area contributed by atoms with Gasteiger partial charge in [-0.3, -0.25) is 10.0 Å². The van der Waals surface area contributed by atoms with Crippen LogP contribution in [0, 0.1) is 11.6 Å². The molecular weight excluding hydrogens is 438 g/mol. The molecule has 7 nitrogen and oxygen atoms in total. The normalized spacial score (nSPS) is 16.9. The second kappa shape index (κ2) is 11.3. The Balaban J connectivity index is 0.000000735. The first-order valence-electron chi connectivity index (χ1n) is 8.89. The summed E-state index contributed by atoms with van der Waals surface area (Å²) in [6, 6.07) is 9.25. The van der Waals surface area contributed by atoms with E-state index in [9.17, 15) is 17.2 Å². The molecule has 2 aromatic carbocycles. The Kier molecular flexibility index (Phi) is 9.03. The number of hydrogen-bond acceptors (Lipinski definition) is 6. The zero-order valence-corrected chi connectivity index (χ0v) is 17.8. The van der Waals surface area contributed by atoms with Crippen molar-refractivity contribution in [2.45, 2.75) is 23.7 Å². The van der Waals surface area contributed by atoms with Crippen LogP contribution in [0.3, 0.4) is 0 Å². The molecule has 3 rings (SSSR count). The lowest BCUT2D eigenvalue weighted by Gasteiger charge is -2.29. The van der Waals surface area contributed by atoms with Gasteiger partial charge in [0.05, 0.1) is 4.90 Å². The molecule has 1 aliphatic heterocycles. The van der Waals surface area contributed by atoms with Crippen LogP contribution in [0.25, 0.3) is 0 Å². The van der Waals surface area contributed by atoms with Crippen LogP contribution in [0.4, 0.5) is 8.78 Å². The Bertz CT molecular complexity index is 922. The monoisotopic (exact) mass is 460 g/mol. The van der Waals surface area contributed by atoms with Crippen LogP contribution in [0.15, 0.2) is 47.4 Å². The third-order valence-corrected chi connectivity index (χ3v) is 7.06. The van der Waals surface area contributed by atoms with Crippen molar-refractivity contribution >= 4 is 28.2 Å². The van der Waals surface area contributed by atoms with Crippen molar-refractivity contribution in [3.8, 4) is 5.75 Å². The number of rotatable bonds is 6. The fourth-order valence-corrected chi connectivity index (χ4v) is 5.48. The van der Waals surface area contributed by atoms with Gasteiger partial charge in [-0.2, -0.15) is 16.1 Å². The molecule has 0 aromatic heterocycles. The summed E-state index contributed by atoms with van der Waals surface area (Å²) in [5, 5.41) is 7.53. The third-order valence-electron chi connectivity index (χ3n) is 4.05. The second-order valence-corrected chi connectivity index (χ2v) is 9.81. The van der Waals surface area contributed by atoms with Gasteiger partial charge in [0.1, 0.15) is 24.0 Å². The minimum Gasteiger partial charge on any atom is -0.489 e. The average Bonchev–Trinajstić information content (AvgIpc) is 2.72. The highest BCUT2D eigenvalue weighted by atomic mass is 32.2. The summed E-state index contributed by atoms with van der Waals surface area (Å²) in [5.41, 5.74) is 1.61. The van der Waals surface area contributed by atoms with Crippen molar-refractivity contribution in [2.24, 2.45) is 0 Å². The lowest BCUT2D eigenvalue weighted by molar-refractivity contribution is -0.116. The van der Waals surface area contributed by atoms with Crippen LogP contribution >= 0.6 is 11.8 Å². The summed E-state index contributed by atoms with van der Waals surface area (Å²) in [7, 11) is -3.52. The molecule has 0 unspecified atom stereocenters. The van der Waals surface area contributed by atoms with Gasteiger partial charge in [-0.1, -0.05) is 6.92 Å². The molecule has 1 amide bonds. The number of sulfonamides is 1. The van der Waals surface area contributed by atoms with E-state index in [1.54, 1.807) is 23.9 Å². The Morgan fingerprint density at radius 1 is 1.23 bits per heavy atom. The lowest BCUT2D eigenvalue weighted by atomic mass is 10.2. The molecule has 1 atom stereocenters. The predicted octanol–water partition coefficient (Wildman–Crippen LogP) is 2.79. The molecule has 0 bridgehead atoms. The van der Waals surface area contributed by atoms with Crippen molar-refractivity contribution < 1.29 is 31.9 Å². The van der Waals surface area contributed by atoms with Crippen LogP contribution in [-0.2, 0) is 21.4 Å². The largest absolute Gasteiger partial charge is 0.489 e. The topological polar surface area (TPSA) is 95.9 Å². The highest BCUT2D eigenvalue weighted by Crippen LogP contribution is 2.25. The van der Waals surface area contributed by atoms with E-state index in [2.05, 4.69) is 0 Å². The predicted molar refractivity (Wildman–Crippen MR) is 109 cm³/mol. The van der Waals surface area contributed by atoms with Crippen molar-refractivity contribution in [1.29, 1.82) is 0 Å². The molecule has 2 aromatic rings. The molecule has 1 aliphatic rings. The Labute approximate surface area is 178 Å². The van der Waals surface area contributed by atoms with Crippen LogP contribution < -0.4 is 10.2 Å². The maximum Gasteiger partial charge on any atom is 0.243 e. The van der Waals surface area contributed by atoms with E-state index in [4.69, 9.17) is 14.7 Å². The molecule has 1 saturated heterocycles. The molecule has 1 heterocycles. The number of thioether (sulfide) groups is 1. The number of carbonyl (C=O) groups is 1. The minimum absolute atomic E-state index is 0.0123. The summed E-state index contributed by atoms with van der Waals surface area (Å²) in [6.45, 7) is 3.00. The van der Waals surface area contributed by atoms with E-state index in [1.807, 2.05) is 6.92 Å². The Morgan fingerprint density at radius 2 is 1.83 bits per heavy atom. The van der Waals surface area contributed by atoms with Crippen LogP contribution in [0.5, 0.6) is 5.75 Å². The van der Waals surface area contributed by atoms with E-state index < -0.39 is 21.7 Å². The number of amides is 1. The van der Waals surface area contributed by atoms with Gasteiger partial charge in [-0.25, -0.2) is 22.7 Å². The molecular formula is C19H22F2N2O5S2. The number of hydrogen-bond donors (Lipinski definition) is 2. The number of nitrogens with one attached hydrogen (secondary N) is 1. The second-order valence-electron chi connectivity index (χ2n) is 6.33. The minimum atomic E-state index is -3.52. The number of halogens is 2. The maximum absolute atomic E-state index is 13.2. The van der Waals surface area contributed by atoms with Gasteiger partial charge in [0.2, 0.25) is 16.4 Å². The molecule has 0 spiro atoms. The Morgan fingerprint density at radius 3 is 2.37 bits per heavy atom. The first-order valence-corrected chi connectivity index (χ1v) is 11.4. The van der Waals surface area contributed by atoms with E-state index in [1.165, 1.54) is 34.1 Å². The molecule has 0 saturated carbocycles. The maximum atomic E-state index is 13.2. The molecule has 2 N–H and O–H groups in total. The van der Waals surface area contributed by atoms with Gasteiger partial charge in [0.15, 0.2) is 0 Å². The SMILES string of the molecule is C[C@H]1CN(S(=O)(=O)c2ccc(OCc3cc(F)cc(F)c3)cc2)CCS1.O=CNO. The van der Waals surface area contributed by atoms with Crippen molar-refractivity contribution in [1.82, 2.24) is 9.79 Å². The number of ether oxygens (including phenoxy) is 1. The van der Waals surface area contributed by atoms with Crippen molar-refractivity contribution in [3.63, 3.8) is 0 Å². The van der Waals surface area contributed by atoms with Gasteiger partial charge in [0, 0.05) is 30.2 Å². The average molecular weight is 461 g/mol. The van der Waals surface area contributed by atoms with E-state index in [0.717, 1.165) is 11.8 Å². The first kappa shape index (κ1) is 24.1. The van der Waals surface area contributed by atoms with Crippen LogP contribution in [-0.4, -0.2) is 48.4 Å². The smallest absolute Gasteiger partial charge is 0.243 e. The van der Waals surface area contributed by atoms with Gasteiger partial charge in [-0.05, 0) is 42.0 Å². The fraction of sp³-hybridized carbons (Fsp3) is 0.316. The number of carbonyl (C=O) groups excluding carboxylic acids is 1. The zero-order chi connectivity index (χ0) is 22.1. The highest BCUT2D eigenvalue weighted by Gasteiger charge is 2.28. The quantitative estimate of drug-likeness (QED) is 0.391. The summed E-state index contributed by atoms with van der Waals surface area (Å²) < 4.78 is 58.7. The summed E-state index contributed by atoms with van der Waals surface area (Å²) in [6.07, 6.45) is 0.181. The van der Waals surface area contributed by atoms with E-state index >= 15 is 0 Å². The molecule has 1 fully saturated rings. The van der Waals surface area contributed by atoms with Gasteiger partial charge >= 0.3 is 0 Å². The van der Waals surface area contributed by atoms with Crippen molar-refractivity contribution in [2.75, 3.05) is 18.8 Å².